The molecular formula is C23H31N3O5S. The van der Waals surface area contributed by atoms with E-state index in [2.05, 4.69) is 20.8 Å². The van der Waals surface area contributed by atoms with Gasteiger partial charge in [-0.25, -0.2) is 18.4 Å². The van der Waals surface area contributed by atoms with E-state index in [4.69, 9.17) is 9.88 Å². The topological polar surface area (TPSA) is 117 Å². The number of nitrogens with two attached hydrogens (primary N) is 1. The zero-order valence-electron chi connectivity index (χ0n) is 18.9. The van der Waals surface area contributed by atoms with Crippen LogP contribution < -0.4 is 15.6 Å². The molecule has 0 amide bonds. The minimum absolute atomic E-state index is 0.0172. The Hall–Kier alpha value is -2.62. The van der Waals surface area contributed by atoms with E-state index >= 15 is 0 Å². The molecule has 8 nitrogen and oxygen atoms in total. The molecule has 32 heavy (non-hydrogen) atoms. The van der Waals surface area contributed by atoms with Crippen molar-refractivity contribution < 1.29 is 18.3 Å². The summed E-state index contributed by atoms with van der Waals surface area (Å²) in [6.45, 7) is 8.74. The number of rotatable bonds is 8. The number of aliphatic hydroxyl groups is 1. The molecule has 0 bridgehead atoms. The van der Waals surface area contributed by atoms with Crippen molar-refractivity contribution in [2.45, 2.75) is 63.6 Å². The van der Waals surface area contributed by atoms with Gasteiger partial charge in [0.25, 0.3) is 0 Å². The highest BCUT2D eigenvalue weighted by Gasteiger charge is 2.19. The number of hydrogen-bond acceptors (Lipinski definition) is 5. The van der Waals surface area contributed by atoms with E-state index in [-0.39, 0.29) is 29.2 Å². The lowest BCUT2D eigenvalue weighted by Crippen LogP contribution is -2.31. The molecule has 1 atom stereocenters. The van der Waals surface area contributed by atoms with Gasteiger partial charge in [0.05, 0.1) is 22.5 Å². The van der Waals surface area contributed by atoms with Crippen molar-refractivity contribution in [3.8, 4) is 5.75 Å². The minimum atomic E-state index is -3.93. The maximum Gasteiger partial charge on any atom is 0.329 e. The Kier molecular flexibility index (Phi) is 6.83. The normalized spacial score (nSPS) is 13.4. The fourth-order valence-corrected chi connectivity index (χ4v) is 4.13. The fourth-order valence-electron chi connectivity index (χ4n) is 3.60. The van der Waals surface area contributed by atoms with Gasteiger partial charge in [0.15, 0.2) is 0 Å². The molecule has 0 aliphatic heterocycles. The summed E-state index contributed by atoms with van der Waals surface area (Å²) in [5, 5.41) is 15.8. The van der Waals surface area contributed by atoms with Gasteiger partial charge in [-0.15, -0.1) is 0 Å². The quantitative estimate of drug-likeness (QED) is 0.535. The van der Waals surface area contributed by atoms with Gasteiger partial charge in [0.2, 0.25) is 10.0 Å². The SMILES string of the molecule is CCCn1c(=O)n(C[C@@H](O)COc2ccc(C(C)(C)C)cc2)c2cc(S(N)(=O)=O)ccc21. The zero-order valence-corrected chi connectivity index (χ0v) is 19.7. The lowest BCUT2D eigenvalue weighted by atomic mass is 9.87. The first-order chi connectivity index (χ1) is 14.9. The summed E-state index contributed by atoms with van der Waals surface area (Å²) in [4.78, 5) is 12.9. The average Bonchev–Trinajstić information content (AvgIpc) is 2.97. The van der Waals surface area contributed by atoms with Gasteiger partial charge >= 0.3 is 5.69 Å². The highest BCUT2D eigenvalue weighted by molar-refractivity contribution is 7.89. The first-order valence-electron chi connectivity index (χ1n) is 10.6. The number of imidazole rings is 1. The van der Waals surface area contributed by atoms with Gasteiger partial charge in [0, 0.05) is 6.54 Å². The van der Waals surface area contributed by atoms with Crippen molar-refractivity contribution in [1.29, 1.82) is 0 Å². The minimum Gasteiger partial charge on any atom is -0.491 e. The van der Waals surface area contributed by atoms with Crippen LogP contribution in [-0.4, -0.2) is 35.4 Å². The number of aryl methyl sites for hydroxylation is 1. The van der Waals surface area contributed by atoms with Crippen LogP contribution in [-0.2, 0) is 28.5 Å². The second kappa shape index (κ2) is 9.09. The monoisotopic (exact) mass is 461 g/mol. The smallest absolute Gasteiger partial charge is 0.329 e. The van der Waals surface area contributed by atoms with E-state index in [0.717, 1.165) is 6.42 Å². The van der Waals surface area contributed by atoms with Gasteiger partial charge in [-0.05, 0) is 47.7 Å². The van der Waals surface area contributed by atoms with E-state index in [0.29, 0.717) is 23.3 Å². The lowest BCUT2D eigenvalue weighted by molar-refractivity contribution is 0.0924. The molecule has 0 radical (unpaired) electrons. The molecule has 0 saturated heterocycles. The molecular weight excluding hydrogens is 430 g/mol. The lowest BCUT2D eigenvalue weighted by Gasteiger charge is -2.19. The zero-order chi connectivity index (χ0) is 23.7. The van der Waals surface area contributed by atoms with Crippen molar-refractivity contribution in [3.63, 3.8) is 0 Å². The molecule has 3 rings (SSSR count). The summed E-state index contributed by atoms with van der Waals surface area (Å²) in [6, 6.07) is 12.0. The van der Waals surface area contributed by atoms with E-state index in [1.165, 1.54) is 22.3 Å². The van der Waals surface area contributed by atoms with Crippen LogP contribution in [0.25, 0.3) is 11.0 Å². The summed E-state index contributed by atoms with van der Waals surface area (Å²) in [5.74, 6) is 0.620. The number of sulfonamides is 1. The second-order valence-electron chi connectivity index (χ2n) is 8.98. The number of primary sulfonamides is 1. The van der Waals surface area contributed by atoms with Crippen LogP contribution in [0, 0.1) is 0 Å². The summed E-state index contributed by atoms with van der Waals surface area (Å²) in [6.07, 6.45) is -0.250. The largest absolute Gasteiger partial charge is 0.491 e. The first-order valence-corrected chi connectivity index (χ1v) is 12.1. The van der Waals surface area contributed by atoms with Crippen molar-refractivity contribution in [2.75, 3.05) is 6.61 Å². The van der Waals surface area contributed by atoms with Gasteiger partial charge in [-0.3, -0.25) is 9.13 Å². The predicted octanol–water partition coefficient (Wildman–Crippen LogP) is 2.60. The number of benzene rings is 2. The highest BCUT2D eigenvalue weighted by atomic mass is 32.2. The van der Waals surface area contributed by atoms with Crippen LogP contribution in [0.1, 0.15) is 39.7 Å². The van der Waals surface area contributed by atoms with E-state index in [1.54, 1.807) is 10.6 Å². The molecule has 1 aromatic heterocycles. The molecule has 3 N–H and O–H groups in total. The molecule has 9 heteroatoms. The Morgan fingerprint density at radius 2 is 1.72 bits per heavy atom. The molecule has 0 spiro atoms. The molecule has 0 aliphatic carbocycles. The maximum absolute atomic E-state index is 13.0. The van der Waals surface area contributed by atoms with Crippen LogP contribution in [0.3, 0.4) is 0 Å². The molecule has 0 aliphatic rings. The third kappa shape index (κ3) is 5.23. The van der Waals surface area contributed by atoms with E-state index in [1.807, 2.05) is 31.2 Å². The molecule has 1 heterocycles. The predicted molar refractivity (Wildman–Crippen MR) is 125 cm³/mol. The van der Waals surface area contributed by atoms with E-state index in [9.17, 15) is 18.3 Å². The van der Waals surface area contributed by atoms with Crippen LogP contribution >= 0.6 is 0 Å². The number of aromatic nitrogens is 2. The Bertz CT molecular complexity index is 1250. The summed E-state index contributed by atoms with van der Waals surface area (Å²) in [5.41, 5.74) is 1.88. The average molecular weight is 462 g/mol. The highest BCUT2D eigenvalue weighted by Crippen LogP contribution is 2.24. The summed E-state index contributed by atoms with van der Waals surface area (Å²) >= 11 is 0. The molecule has 3 aromatic rings. The number of fused-ring (bicyclic) bond motifs is 1. The van der Waals surface area contributed by atoms with Gasteiger partial charge in [-0.2, -0.15) is 0 Å². The van der Waals surface area contributed by atoms with Gasteiger partial charge in [-0.1, -0.05) is 39.8 Å². The number of ether oxygens (including phenoxy) is 1. The van der Waals surface area contributed by atoms with Crippen molar-refractivity contribution >= 4 is 21.1 Å². The number of nitrogens with zero attached hydrogens (tertiary/aromatic N) is 2. The maximum atomic E-state index is 13.0. The molecule has 2 aromatic carbocycles. The van der Waals surface area contributed by atoms with Gasteiger partial charge in [0.1, 0.15) is 18.5 Å². The van der Waals surface area contributed by atoms with Crippen LogP contribution in [0.4, 0.5) is 0 Å². The summed E-state index contributed by atoms with van der Waals surface area (Å²) in [7, 11) is -3.93. The van der Waals surface area contributed by atoms with Crippen LogP contribution in [0.2, 0.25) is 0 Å². The van der Waals surface area contributed by atoms with Crippen LogP contribution in [0.5, 0.6) is 5.75 Å². The van der Waals surface area contributed by atoms with Crippen molar-refractivity contribution in [3.05, 3.63) is 58.5 Å². The number of hydrogen-bond donors (Lipinski definition) is 2. The third-order valence-corrected chi connectivity index (χ3v) is 6.23. The Morgan fingerprint density at radius 3 is 2.28 bits per heavy atom. The molecule has 174 valence electrons. The second-order valence-corrected chi connectivity index (χ2v) is 10.5. The molecule has 0 unspecified atom stereocenters. The Labute approximate surface area is 188 Å². The van der Waals surface area contributed by atoms with E-state index < -0.39 is 16.1 Å². The fraction of sp³-hybridized carbons (Fsp3) is 0.435. The Balaban J connectivity index is 1.83. The van der Waals surface area contributed by atoms with Gasteiger partial charge < -0.3 is 9.84 Å². The summed E-state index contributed by atoms with van der Waals surface area (Å²) < 4.78 is 32.2. The molecule has 0 fully saturated rings. The van der Waals surface area contributed by atoms with Crippen molar-refractivity contribution in [2.24, 2.45) is 5.14 Å². The van der Waals surface area contributed by atoms with Crippen LogP contribution in [0.15, 0.2) is 52.2 Å². The van der Waals surface area contributed by atoms with Crippen molar-refractivity contribution in [1.82, 2.24) is 9.13 Å². The third-order valence-electron chi connectivity index (χ3n) is 5.32. The first kappa shape index (κ1) is 24.0. The molecule has 0 saturated carbocycles. The standard InChI is InChI=1S/C23H31N3O5S/c1-5-12-25-20-11-10-19(32(24,29)30)13-21(20)26(22(25)28)14-17(27)15-31-18-8-6-16(7-9-18)23(2,3)4/h6-11,13,17,27H,5,12,14-15H2,1-4H3,(H2,24,29,30)/t17-/m1/s1. The Morgan fingerprint density at radius 1 is 1.06 bits per heavy atom. The number of aliphatic hydroxyl groups excluding tert-OH is 1.